The highest BCUT2D eigenvalue weighted by molar-refractivity contribution is 5.90. The number of hydrogen-bond donors (Lipinski definition) is 1. The standard InChI is InChI=1S/C23H25N5O2/c29-23(25-19-10-5-7-16-6-1-2-8-18(16)19)28-14-11-17(12-15-28)22-26-21(27-30-22)20-9-3-4-13-24-20/h3-5,7,9-10,13,17H,1-2,6,8,11-12,14-15H2,(H,25,29). The van der Waals surface area contributed by atoms with Gasteiger partial charge in [0.25, 0.3) is 0 Å². The summed E-state index contributed by atoms with van der Waals surface area (Å²) in [6.45, 7) is 1.35. The highest BCUT2D eigenvalue weighted by atomic mass is 16.5. The molecule has 5 rings (SSSR count). The van der Waals surface area contributed by atoms with Crippen LogP contribution in [0.25, 0.3) is 11.5 Å². The lowest BCUT2D eigenvalue weighted by Gasteiger charge is -2.31. The van der Waals surface area contributed by atoms with Crippen molar-refractivity contribution in [3.63, 3.8) is 0 Å². The topological polar surface area (TPSA) is 84.2 Å². The number of rotatable bonds is 3. The Morgan fingerprint density at radius 2 is 1.93 bits per heavy atom. The van der Waals surface area contributed by atoms with Gasteiger partial charge in [0.15, 0.2) is 0 Å². The quantitative estimate of drug-likeness (QED) is 0.700. The van der Waals surface area contributed by atoms with Gasteiger partial charge in [0.05, 0.1) is 0 Å². The summed E-state index contributed by atoms with van der Waals surface area (Å²) < 4.78 is 5.49. The third-order valence-corrected chi connectivity index (χ3v) is 6.10. The summed E-state index contributed by atoms with van der Waals surface area (Å²) in [5.74, 6) is 1.32. The maximum atomic E-state index is 12.8. The van der Waals surface area contributed by atoms with Crippen molar-refractivity contribution in [2.24, 2.45) is 0 Å². The Hall–Kier alpha value is -3.22. The van der Waals surface area contributed by atoms with Crippen LogP contribution in [0.1, 0.15) is 48.6 Å². The molecule has 3 aromatic rings. The number of nitrogens with zero attached hydrogens (tertiary/aromatic N) is 4. The summed E-state index contributed by atoms with van der Waals surface area (Å²) in [5.41, 5.74) is 4.35. The molecule has 1 aromatic carbocycles. The average molecular weight is 403 g/mol. The Labute approximate surface area is 175 Å². The molecule has 154 valence electrons. The predicted octanol–water partition coefficient (Wildman–Crippen LogP) is 4.42. The van der Waals surface area contributed by atoms with Gasteiger partial charge in [0, 0.05) is 30.9 Å². The first-order valence-electron chi connectivity index (χ1n) is 10.7. The van der Waals surface area contributed by atoms with Gasteiger partial charge in [0.2, 0.25) is 11.7 Å². The fourth-order valence-electron chi connectivity index (χ4n) is 4.42. The molecule has 0 spiro atoms. The van der Waals surface area contributed by atoms with Crippen LogP contribution in [0.4, 0.5) is 10.5 Å². The molecule has 30 heavy (non-hydrogen) atoms. The Bertz CT molecular complexity index is 1030. The van der Waals surface area contributed by atoms with Crippen molar-refractivity contribution in [1.29, 1.82) is 0 Å². The van der Waals surface area contributed by atoms with Crippen molar-refractivity contribution < 1.29 is 9.32 Å². The molecule has 1 saturated heterocycles. The van der Waals surface area contributed by atoms with Crippen LogP contribution < -0.4 is 5.32 Å². The number of aromatic nitrogens is 3. The number of carbonyl (C=O) groups excluding carboxylic acids is 1. The van der Waals surface area contributed by atoms with E-state index in [1.54, 1.807) is 6.20 Å². The number of fused-ring (bicyclic) bond motifs is 1. The minimum Gasteiger partial charge on any atom is -0.339 e. The molecule has 7 nitrogen and oxygen atoms in total. The molecule has 2 aromatic heterocycles. The van der Waals surface area contributed by atoms with Crippen LogP contribution in [-0.4, -0.2) is 39.1 Å². The zero-order valence-corrected chi connectivity index (χ0v) is 16.9. The van der Waals surface area contributed by atoms with Gasteiger partial charge in [-0.05, 0) is 67.9 Å². The molecule has 2 aliphatic rings. The molecule has 0 bridgehead atoms. The Balaban J connectivity index is 1.20. The number of pyridine rings is 1. The molecule has 3 heterocycles. The van der Waals surface area contributed by atoms with Gasteiger partial charge in [-0.25, -0.2) is 4.79 Å². The maximum Gasteiger partial charge on any atom is 0.321 e. The lowest BCUT2D eigenvalue weighted by atomic mass is 9.90. The molecule has 1 aliphatic heterocycles. The number of hydrogen-bond acceptors (Lipinski definition) is 5. The van der Waals surface area contributed by atoms with Gasteiger partial charge in [-0.1, -0.05) is 23.4 Å². The second-order valence-corrected chi connectivity index (χ2v) is 8.01. The van der Waals surface area contributed by atoms with E-state index in [-0.39, 0.29) is 11.9 Å². The number of urea groups is 1. The molecule has 7 heteroatoms. The van der Waals surface area contributed by atoms with Gasteiger partial charge in [-0.2, -0.15) is 4.98 Å². The second-order valence-electron chi connectivity index (χ2n) is 8.01. The summed E-state index contributed by atoms with van der Waals surface area (Å²) in [7, 11) is 0. The predicted molar refractivity (Wildman–Crippen MR) is 113 cm³/mol. The SMILES string of the molecule is O=C(Nc1cccc2c1CCCC2)N1CCC(c2nc(-c3ccccn3)no2)CC1. The molecule has 0 saturated carbocycles. The van der Waals surface area contributed by atoms with Gasteiger partial charge < -0.3 is 14.7 Å². The zero-order valence-electron chi connectivity index (χ0n) is 16.9. The number of amides is 2. The fraction of sp³-hybridized carbons (Fsp3) is 0.391. The summed E-state index contributed by atoms with van der Waals surface area (Å²) in [4.78, 5) is 23.5. The summed E-state index contributed by atoms with van der Waals surface area (Å²) in [6.07, 6.45) is 7.91. The molecular formula is C23H25N5O2. The number of aryl methyl sites for hydroxylation is 1. The van der Waals surface area contributed by atoms with Crippen molar-refractivity contribution in [3.8, 4) is 11.5 Å². The lowest BCUT2D eigenvalue weighted by molar-refractivity contribution is 0.187. The molecule has 0 unspecified atom stereocenters. The molecule has 1 fully saturated rings. The highest BCUT2D eigenvalue weighted by Gasteiger charge is 2.28. The van der Waals surface area contributed by atoms with E-state index in [1.165, 1.54) is 24.0 Å². The van der Waals surface area contributed by atoms with E-state index in [0.717, 1.165) is 31.4 Å². The maximum absolute atomic E-state index is 12.8. The van der Waals surface area contributed by atoms with Gasteiger partial charge in [-0.3, -0.25) is 4.98 Å². The van der Waals surface area contributed by atoms with Crippen molar-refractivity contribution in [2.75, 3.05) is 18.4 Å². The van der Waals surface area contributed by atoms with Crippen LogP contribution >= 0.6 is 0 Å². The Morgan fingerprint density at radius 1 is 1.07 bits per heavy atom. The average Bonchev–Trinajstić information content (AvgIpc) is 3.30. The van der Waals surface area contributed by atoms with Gasteiger partial charge in [0.1, 0.15) is 5.69 Å². The first-order valence-corrected chi connectivity index (χ1v) is 10.7. The number of carbonyl (C=O) groups is 1. The lowest BCUT2D eigenvalue weighted by Crippen LogP contribution is -2.40. The molecule has 2 amide bonds. The van der Waals surface area contributed by atoms with E-state index in [4.69, 9.17) is 4.52 Å². The van der Waals surface area contributed by atoms with Crippen LogP contribution in [0, 0.1) is 0 Å². The fourth-order valence-corrected chi connectivity index (χ4v) is 4.42. The monoisotopic (exact) mass is 403 g/mol. The number of likely N-dealkylation sites (tertiary alicyclic amines) is 1. The normalized spacial score (nSPS) is 16.9. The van der Waals surface area contributed by atoms with E-state index in [1.807, 2.05) is 35.2 Å². The molecule has 1 aliphatic carbocycles. The van der Waals surface area contributed by atoms with Crippen molar-refractivity contribution in [2.45, 2.75) is 44.4 Å². The summed E-state index contributed by atoms with van der Waals surface area (Å²) in [5, 5.41) is 7.22. The summed E-state index contributed by atoms with van der Waals surface area (Å²) in [6, 6.07) is 11.8. The van der Waals surface area contributed by atoms with Crippen LogP contribution in [0.2, 0.25) is 0 Å². The van der Waals surface area contributed by atoms with Crippen LogP contribution in [0.3, 0.4) is 0 Å². The molecule has 0 radical (unpaired) electrons. The van der Waals surface area contributed by atoms with Crippen LogP contribution in [-0.2, 0) is 12.8 Å². The zero-order chi connectivity index (χ0) is 20.3. The van der Waals surface area contributed by atoms with Gasteiger partial charge >= 0.3 is 6.03 Å². The van der Waals surface area contributed by atoms with Crippen LogP contribution in [0.15, 0.2) is 47.1 Å². The van der Waals surface area contributed by atoms with E-state index in [2.05, 4.69) is 26.5 Å². The largest absolute Gasteiger partial charge is 0.339 e. The summed E-state index contributed by atoms with van der Waals surface area (Å²) >= 11 is 0. The van der Waals surface area contributed by atoms with E-state index >= 15 is 0 Å². The molecule has 1 N–H and O–H groups in total. The van der Waals surface area contributed by atoms with Crippen molar-refractivity contribution >= 4 is 11.7 Å². The van der Waals surface area contributed by atoms with Crippen molar-refractivity contribution in [3.05, 3.63) is 59.6 Å². The number of benzene rings is 1. The molecular weight excluding hydrogens is 378 g/mol. The first kappa shape index (κ1) is 18.8. The van der Waals surface area contributed by atoms with Gasteiger partial charge in [-0.15, -0.1) is 0 Å². The smallest absolute Gasteiger partial charge is 0.321 e. The first-order chi connectivity index (χ1) is 14.8. The van der Waals surface area contributed by atoms with E-state index < -0.39 is 0 Å². The third kappa shape index (κ3) is 3.79. The molecule has 0 atom stereocenters. The van der Waals surface area contributed by atoms with Crippen molar-refractivity contribution in [1.82, 2.24) is 20.0 Å². The number of anilines is 1. The second kappa shape index (κ2) is 8.26. The Morgan fingerprint density at radius 3 is 2.77 bits per heavy atom. The number of nitrogens with one attached hydrogen (secondary N) is 1. The Kier molecular flexibility index (Phi) is 5.17. The minimum atomic E-state index is -0.0212. The number of piperidine rings is 1. The highest BCUT2D eigenvalue weighted by Crippen LogP contribution is 2.30. The third-order valence-electron chi connectivity index (χ3n) is 6.10. The van der Waals surface area contributed by atoms with Crippen LogP contribution in [0.5, 0.6) is 0 Å². The minimum absolute atomic E-state index is 0.0212. The van der Waals surface area contributed by atoms with E-state index in [9.17, 15) is 4.79 Å². The van der Waals surface area contributed by atoms with E-state index in [0.29, 0.717) is 30.5 Å².